The van der Waals surface area contributed by atoms with Crippen LogP contribution in [0, 0.1) is 0 Å². The third kappa shape index (κ3) is 3.79. The number of hydrogen-bond donors (Lipinski definition) is 2. The summed E-state index contributed by atoms with van der Waals surface area (Å²) in [6, 6.07) is 12.2. The van der Waals surface area contributed by atoms with Crippen LogP contribution in [0.5, 0.6) is 0 Å². The molecular weight excluding hydrogens is 324 g/mol. The highest BCUT2D eigenvalue weighted by Crippen LogP contribution is 2.27. The predicted molar refractivity (Wildman–Crippen MR) is 97.4 cm³/mol. The maximum absolute atomic E-state index is 13.0. The Bertz CT molecular complexity index is 624. The second-order valence-electron chi connectivity index (χ2n) is 6.25. The van der Waals surface area contributed by atoms with Crippen LogP contribution < -0.4 is 10.6 Å². The van der Waals surface area contributed by atoms with Gasteiger partial charge in [0.25, 0.3) is 0 Å². The molecule has 1 aromatic carbocycles. The van der Waals surface area contributed by atoms with E-state index in [4.69, 9.17) is 0 Å². The first kappa shape index (κ1) is 18.5. The van der Waals surface area contributed by atoms with Crippen molar-refractivity contribution in [3.8, 4) is 0 Å². The van der Waals surface area contributed by atoms with Gasteiger partial charge in [-0.25, -0.2) is 0 Å². The van der Waals surface area contributed by atoms with Crippen molar-refractivity contribution in [2.45, 2.75) is 31.2 Å². The monoisotopic (exact) mass is 348 g/mol. The average Bonchev–Trinajstić information content (AvgIpc) is 3.16. The Hall–Kier alpha value is -1.85. The van der Waals surface area contributed by atoms with Crippen LogP contribution in [-0.4, -0.2) is 35.3 Å². The molecule has 0 bridgehead atoms. The lowest BCUT2D eigenvalue weighted by Crippen LogP contribution is -2.55. The summed E-state index contributed by atoms with van der Waals surface area (Å²) in [6.45, 7) is 4.45. The minimum atomic E-state index is -0.564. The summed E-state index contributed by atoms with van der Waals surface area (Å²) in [5.41, 5.74) is 0.678. The molecule has 0 aliphatic carbocycles. The van der Waals surface area contributed by atoms with E-state index in [-0.39, 0.29) is 24.2 Å². The topological polar surface area (TPSA) is 59.0 Å². The average molecular weight is 349 g/mol. The number of carbonyl (C=O) groups is 1. The summed E-state index contributed by atoms with van der Waals surface area (Å²) in [6.07, 6.45) is 5.16. The van der Waals surface area contributed by atoms with Gasteiger partial charge in [-0.3, -0.25) is 9.48 Å². The van der Waals surface area contributed by atoms with Gasteiger partial charge >= 0.3 is 0 Å². The minimum absolute atomic E-state index is 0. The van der Waals surface area contributed by atoms with Crippen LogP contribution >= 0.6 is 12.4 Å². The van der Waals surface area contributed by atoms with Crippen LogP contribution in [0.4, 0.5) is 0 Å². The molecule has 1 amide bonds. The summed E-state index contributed by atoms with van der Waals surface area (Å²) in [5, 5.41) is 10.8. The molecule has 1 atom stereocenters. The van der Waals surface area contributed by atoms with Gasteiger partial charge in [0.1, 0.15) is 5.54 Å². The SMILES string of the molecule is CC(CNC(=O)C1(n2cccn2)CCNCC1)c1ccccc1.Cl. The highest BCUT2D eigenvalue weighted by molar-refractivity contribution is 5.85. The Labute approximate surface area is 149 Å². The summed E-state index contributed by atoms with van der Waals surface area (Å²) in [4.78, 5) is 13.0. The molecule has 1 aliphatic rings. The number of amides is 1. The van der Waals surface area contributed by atoms with Crippen molar-refractivity contribution >= 4 is 18.3 Å². The van der Waals surface area contributed by atoms with Gasteiger partial charge < -0.3 is 10.6 Å². The first-order valence-corrected chi connectivity index (χ1v) is 8.26. The van der Waals surface area contributed by atoms with Crippen LogP contribution in [0.25, 0.3) is 0 Å². The van der Waals surface area contributed by atoms with Crippen LogP contribution in [0.15, 0.2) is 48.8 Å². The molecule has 6 heteroatoms. The second-order valence-corrected chi connectivity index (χ2v) is 6.25. The first-order valence-electron chi connectivity index (χ1n) is 8.26. The van der Waals surface area contributed by atoms with Gasteiger partial charge in [-0.1, -0.05) is 37.3 Å². The Kier molecular flexibility index (Phi) is 6.40. The molecule has 2 N–H and O–H groups in total. The number of nitrogens with zero attached hydrogens (tertiary/aromatic N) is 2. The number of carbonyl (C=O) groups excluding carboxylic acids is 1. The molecule has 1 saturated heterocycles. The highest BCUT2D eigenvalue weighted by atomic mass is 35.5. The zero-order valence-corrected chi connectivity index (χ0v) is 14.8. The zero-order valence-electron chi connectivity index (χ0n) is 13.9. The maximum atomic E-state index is 13.0. The van der Waals surface area contributed by atoms with E-state index >= 15 is 0 Å². The molecule has 1 fully saturated rings. The molecule has 1 unspecified atom stereocenters. The number of nitrogens with one attached hydrogen (secondary N) is 2. The molecule has 1 aliphatic heterocycles. The quantitative estimate of drug-likeness (QED) is 0.871. The van der Waals surface area contributed by atoms with E-state index in [2.05, 4.69) is 34.8 Å². The molecule has 0 radical (unpaired) electrons. The van der Waals surface area contributed by atoms with Gasteiger partial charge in [-0.05, 0) is 43.5 Å². The number of halogens is 1. The van der Waals surface area contributed by atoms with E-state index in [0.717, 1.165) is 25.9 Å². The Morgan fingerprint density at radius 1 is 1.29 bits per heavy atom. The lowest BCUT2D eigenvalue weighted by atomic mass is 9.87. The van der Waals surface area contributed by atoms with E-state index < -0.39 is 5.54 Å². The van der Waals surface area contributed by atoms with Gasteiger partial charge in [0, 0.05) is 18.9 Å². The fraction of sp³-hybridized carbons (Fsp3) is 0.444. The van der Waals surface area contributed by atoms with Crippen molar-refractivity contribution < 1.29 is 4.79 Å². The molecule has 0 spiro atoms. The molecule has 3 rings (SSSR count). The predicted octanol–water partition coefficient (Wildman–Crippen LogP) is 2.30. The van der Waals surface area contributed by atoms with Crippen molar-refractivity contribution in [1.29, 1.82) is 0 Å². The van der Waals surface area contributed by atoms with Crippen molar-refractivity contribution in [2.75, 3.05) is 19.6 Å². The molecule has 2 heterocycles. The molecular formula is C18H25ClN4O. The Balaban J connectivity index is 0.00000208. The Morgan fingerprint density at radius 2 is 2.00 bits per heavy atom. The molecule has 130 valence electrons. The lowest BCUT2D eigenvalue weighted by molar-refractivity contribution is -0.132. The molecule has 1 aromatic heterocycles. The van der Waals surface area contributed by atoms with Crippen LogP contribution in [0.2, 0.25) is 0 Å². The van der Waals surface area contributed by atoms with E-state index in [0.29, 0.717) is 6.54 Å². The van der Waals surface area contributed by atoms with E-state index in [1.165, 1.54) is 5.56 Å². The minimum Gasteiger partial charge on any atom is -0.353 e. The van der Waals surface area contributed by atoms with Crippen LogP contribution in [0.3, 0.4) is 0 Å². The van der Waals surface area contributed by atoms with Crippen molar-refractivity contribution in [1.82, 2.24) is 20.4 Å². The highest BCUT2D eigenvalue weighted by Gasteiger charge is 2.41. The van der Waals surface area contributed by atoms with E-state index in [1.54, 1.807) is 6.20 Å². The van der Waals surface area contributed by atoms with E-state index in [9.17, 15) is 4.79 Å². The largest absolute Gasteiger partial charge is 0.353 e. The van der Waals surface area contributed by atoms with Crippen LogP contribution in [-0.2, 0) is 10.3 Å². The van der Waals surface area contributed by atoms with Crippen LogP contribution in [0.1, 0.15) is 31.2 Å². The van der Waals surface area contributed by atoms with E-state index in [1.807, 2.05) is 35.1 Å². The summed E-state index contributed by atoms with van der Waals surface area (Å²) in [5.74, 6) is 0.363. The lowest BCUT2D eigenvalue weighted by Gasteiger charge is -2.36. The molecule has 2 aromatic rings. The normalized spacial score (nSPS) is 17.5. The standard InChI is InChI=1S/C18H24N4O.ClH/c1-15(16-6-3-2-4-7-16)14-20-17(23)18(8-11-19-12-9-18)22-13-5-10-21-22;/h2-7,10,13,15,19H,8-9,11-12,14H2,1H3,(H,20,23);1H. The number of rotatable bonds is 5. The molecule has 5 nitrogen and oxygen atoms in total. The van der Waals surface area contributed by atoms with Gasteiger partial charge in [0.05, 0.1) is 0 Å². The summed E-state index contributed by atoms with van der Waals surface area (Å²) < 4.78 is 1.83. The summed E-state index contributed by atoms with van der Waals surface area (Å²) in [7, 11) is 0. The fourth-order valence-electron chi connectivity index (χ4n) is 3.23. The van der Waals surface area contributed by atoms with Gasteiger partial charge in [0.2, 0.25) is 5.91 Å². The van der Waals surface area contributed by atoms with Gasteiger partial charge in [-0.2, -0.15) is 5.10 Å². The number of benzene rings is 1. The smallest absolute Gasteiger partial charge is 0.248 e. The number of aromatic nitrogens is 2. The molecule has 0 saturated carbocycles. The zero-order chi connectivity index (χ0) is 16.1. The second kappa shape index (κ2) is 8.31. The third-order valence-electron chi connectivity index (χ3n) is 4.73. The van der Waals surface area contributed by atoms with Crippen molar-refractivity contribution in [3.63, 3.8) is 0 Å². The third-order valence-corrected chi connectivity index (χ3v) is 4.73. The Morgan fingerprint density at radius 3 is 2.62 bits per heavy atom. The fourth-order valence-corrected chi connectivity index (χ4v) is 3.23. The number of piperidine rings is 1. The van der Waals surface area contributed by atoms with Crippen molar-refractivity contribution in [3.05, 3.63) is 54.4 Å². The first-order chi connectivity index (χ1) is 11.2. The maximum Gasteiger partial charge on any atom is 0.248 e. The molecule has 24 heavy (non-hydrogen) atoms. The van der Waals surface area contributed by atoms with Gasteiger partial charge in [0.15, 0.2) is 0 Å². The number of hydrogen-bond acceptors (Lipinski definition) is 3. The van der Waals surface area contributed by atoms with Crippen molar-refractivity contribution in [2.24, 2.45) is 0 Å². The van der Waals surface area contributed by atoms with Gasteiger partial charge in [-0.15, -0.1) is 12.4 Å². The summed E-state index contributed by atoms with van der Waals surface area (Å²) >= 11 is 0.